The zero-order chi connectivity index (χ0) is 16.4. The molecule has 5 nitrogen and oxygen atoms in total. The second kappa shape index (κ2) is 6.13. The molecule has 0 atom stereocenters. The van der Waals surface area contributed by atoms with Gasteiger partial charge in [0.2, 0.25) is 5.91 Å². The fourth-order valence-electron chi connectivity index (χ4n) is 2.62. The lowest BCUT2D eigenvalue weighted by atomic mass is 10.0. The molecule has 22 heavy (non-hydrogen) atoms. The molecule has 0 spiro atoms. The van der Waals surface area contributed by atoms with E-state index in [-0.39, 0.29) is 11.7 Å². The van der Waals surface area contributed by atoms with Gasteiger partial charge >= 0.3 is 0 Å². The summed E-state index contributed by atoms with van der Waals surface area (Å²) >= 11 is 0. The highest BCUT2D eigenvalue weighted by Gasteiger charge is 2.37. The highest BCUT2D eigenvalue weighted by Crippen LogP contribution is 2.40. The Balaban J connectivity index is 2.73. The molecule has 0 aromatic heterocycles. The van der Waals surface area contributed by atoms with E-state index in [1.54, 1.807) is 18.2 Å². The number of methoxy groups -OCH3 is 1. The highest BCUT2D eigenvalue weighted by atomic mass is 16.5. The summed E-state index contributed by atoms with van der Waals surface area (Å²) in [7, 11) is 1.51. The average Bonchev–Trinajstić information content (AvgIpc) is 2.76. The molecule has 2 amide bonds. The van der Waals surface area contributed by atoms with Crippen molar-refractivity contribution in [2.75, 3.05) is 12.0 Å². The summed E-state index contributed by atoms with van der Waals surface area (Å²) in [5.41, 5.74) is 1.96. The first kappa shape index (κ1) is 15.9. The van der Waals surface area contributed by atoms with Crippen LogP contribution in [-0.4, -0.2) is 24.7 Å². The minimum Gasteiger partial charge on any atom is -0.500 e. The van der Waals surface area contributed by atoms with Gasteiger partial charge in [0.25, 0.3) is 5.91 Å². The van der Waals surface area contributed by atoms with E-state index in [0.29, 0.717) is 34.6 Å². The van der Waals surface area contributed by atoms with E-state index in [2.05, 4.69) is 0 Å². The van der Waals surface area contributed by atoms with Crippen LogP contribution in [0.15, 0.2) is 24.0 Å². The van der Waals surface area contributed by atoms with Gasteiger partial charge in [-0.2, -0.15) is 0 Å². The summed E-state index contributed by atoms with van der Waals surface area (Å²) in [4.78, 5) is 37.2. The molecule has 1 aromatic carbocycles. The predicted octanol–water partition coefficient (Wildman–Crippen LogP) is 2.94. The lowest BCUT2D eigenvalue weighted by Gasteiger charge is -2.12. The maximum absolute atomic E-state index is 12.6. The van der Waals surface area contributed by atoms with Crippen molar-refractivity contribution in [3.8, 4) is 0 Å². The van der Waals surface area contributed by atoms with E-state index in [1.807, 2.05) is 6.92 Å². The van der Waals surface area contributed by atoms with E-state index in [1.165, 1.54) is 21.0 Å². The normalized spacial score (nSPS) is 15.6. The van der Waals surface area contributed by atoms with Crippen LogP contribution in [-0.2, 0) is 14.3 Å². The van der Waals surface area contributed by atoms with Gasteiger partial charge in [0.05, 0.1) is 18.4 Å². The molecule has 1 aliphatic heterocycles. The topological polar surface area (TPSA) is 63.7 Å². The summed E-state index contributed by atoms with van der Waals surface area (Å²) in [5.74, 6) is -0.305. The number of ketones is 1. The number of fused-ring (bicyclic) bond motifs is 1. The molecule has 1 heterocycles. The maximum atomic E-state index is 12.6. The van der Waals surface area contributed by atoms with Crippen LogP contribution in [0, 0.1) is 0 Å². The molecule has 2 rings (SSSR count). The Morgan fingerprint density at radius 2 is 1.91 bits per heavy atom. The molecule has 1 aromatic rings. The number of amides is 2. The number of nitrogens with zero attached hydrogens (tertiary/aromatic N) is 1. The molecular weight excluding hydrogens is 282 g/mol. The molecule has 0 bridgehead atoms. The van der Waals surface area contributed by atoms with Crippen LogP contribution in [0.3, 0.4) is 0 Å². The Kier molecular flexibility index (Phi) is 4.45. The van der Waals surface area contributed by atoms with E-state index in [0.717, 1.165) is 11.3 Å². The quantitative estimate of drug-likeness (QED) is 0.487. The molecule has 5 heteroatoms. The Morgan fingerprint density at radius 3 is 2.41 bits per heavy atom. The third-order valence-electron chi connectivity index (χ3n) is 3.65. The Bertz CT molecular complexity index is 688. The lowest BCUT2D eigenvalue weighted by molar-refractivity contribution is -0.122. The molecule has 0 unspecified atom stereocenters. The van der Waals surface area contributed by atoms with Crippen molar-refractivity contribution in [1.82, 2.24) is 0 Å². The second-order valence-corrected chi connectivity index (χ2v) is 5.20. The number of ether oxygens (including phenoxy) is 1. The van der Waals surface area contributed by atoms with Crippen LogP contribution in [0.1, 0.15) is 49.5 Å². The summed E-state index contributed by atoms with van der Waals surface area (Å²) in [6, 6.07) is 4.92. The number of imide groups is 1. The van der Waals surface area contributed by atoms with Crippen LogP contribution in [0.25, 0.3) is 5.57 Å². The number of rotatable bonds is 4. The van der Waals surface area contributed by atoms with Gasteiger partial charge in [0.1, 0.15) is 5.76 Å². The third kappa shape index (κ3) is 2.54. The molecule has 0 saturated heterocycles. The first-order valence-corrected chi connectivity index (χ1v) is 7.19. The van der Waals surface area contributed by atoms with Crippen molar-refractivity contribution in [2.45, 2.75) is 33.6 Å². The van der Waals surface area contributed by atoms with Crippen molar-refractivity contribution in [3.05, 3.63) is 35.1 Å². The van der Waals surface area contributed by atoms with Crippen LogP contribution in [0.2, 0.25) is 0 Å². The van der Waals surface area contributed by atoms with Crippen molar-refractivity contribution in [2.24, 2.45) is 0 Å². The maximum Gasteiger partial charge on any atom is 0.269 e. The van der Waals surface area contributed by atoms with Crippen molar-refractivity contribution >= 4 is 28.9 Å². The number of allylic oxidation sites excluding steroid dienone is 1. The van der Waals surface area contributed by atoms with E-state index >= 15 is 0 Å². The molecule has 0 aliphatic carbocycles. The fourth-order valence-corrected chi connectivity index (χ4v) is 2.62. The molecule has 116 valence electrons. The van der Waals surface area contributed by atoms with Gasteiger partial charge < -0.3 is 4.74 Å². The minimum absolute atomic E-state index is 0.0923. The summed E-state index contributed by atoms with van der Waals surface area (Å²) in [5, 5.41) is 0. The second-order valence-electron chi connectivity index (χ2n) is 5.20. The summed E-state index contributed by atoms with van der Waals surface area (Å²) in [6.07, 6.45) is 1.40. The SMILES string of the molecule is CCCC(OC)=C1C(=O)N(C(C)=O)c2ccc(C(C)=O)cc21. The van der Waals surface area contributed by atoms with Gasteiger partial charge in [-0.25, -0.2) is 4.90 Å². The van der Waals surface area contributed by atoms with Gasteiger partial charge in [0, 0.05) is 24.5 Å². The summed E-state index contributed by atoms with van der Waals surface area (Å²) < 4.78 is 5.37. The van der Waals surface area contributed by atoms with Crippen molar-refractivity contribution in [3.63, 3.8) is 0 Å². The number of anilines is 1. The number of carbonyl (C=O) groups is 3. The largest absolute Gasteiger partial charge is 0.500 e. The number of benzene rings is 1. The Morgan fingerprint density at radius 1 is 1.23 bits per heavy atom. The van der Waals surface area contributed by atoms with Gasteiger partial charge in [-0.15, -0.1) is 0 Å². The van der Waals surface area contributed by atoms with Crippen molar-refractivity contribution < 1.29 is 19.1 Å². The van der Waals surface area contributed by atoms with Gasteiger partial charge in [-0.1, -0.05) is 6.92 Å². The minimum atomic E-state index is -0.395. The van der Waals surface area contributed by atoms with Gasteiger partial charge in [-0.05, 0) is 31.5 Å². The predicted molar refractivity (Wildman–Crippen MR) is 83.5 cm³/mol. The third-order valence-corrected chi connectivity index (χ3v) is 3.65. The smallest absolute Gasteiger partial charge is 0.269 e. The van der Waals surface area contributed by atoms with Crippen LogP contribution < -0.4 is 4.90 Å². The van der Waals surface area contributed by atoms with E-state index in [4.69, 9.17) is 4.74 Å². The summed E-state index contributed by atoms with van der Waals surface area (Å²) in [6.45, 7) is 4.79. The van der Waals surface area contributed by atoms with Crippen LogP contribution >= 0.6 is 0 Å². The van der Waals surface area contributed by atoms with Crippen LogP contribution in [0.5, 0.6) is 0 Å². The lowest BCUT2D eigenvalue weighted by Crippen LogP contribution is -2.31. The van der Waals surface area contributed by atoms with E-state index in [9.17, 15) is 14.4 Å². The number of Topliss-reactive ketones (excluding diaryl/α,β-unsaturated/α-hetero) is 1. The van der Waals surface area contributed by atoms with Gasteiger partial charge in [-0.3, -0.25) is 14.4 Å². The zero-order valence-corrected chi connectivity index (χ0v) is 13.2. The number of hydrogen-bond donors (Lipinski definition) is 0. The van der Waals surface area contributed by atoms with Gasteiger partial charge in [0.15, 0.2) is 5.78 Å². The molecule has 0 radical (unpaired) electrons. The number of hydrogen-bond acceptors (Lipinski definition) is 4. The first-order valence-electron chi connectivity index (χ1n) is 7.19. The molecular formula is C17H19NO4. The van der Waals surface area contributed by atoms with Crippen LogP contribution in [0.4, 0.5) is 5.69 Å². The average molecular weight is 301 g/mol. The Labute approximate surface area is 129 Å². The molecule has 0 N–H and O–H groups in total. The van der Waals surface area contributed by atoms with E-state index < -0.39 is 5.91 Å². The highest BCUT2D eigenvalue weighted by molar-refractivity contribution is 6.40. The zero-order valence-electron chi connectivity index (χ0n) is 13.2. The molecule has 1 aliphatic rings. The monoisotopic (exact) mass is 301 g/mol. The Hall–Kier alpha value is -2.43. The fraction of sp³-hybridized carbons (Fsp3) is 0.353. The standard InChI is InChI=1S/C17H19NO4/c1-5-6-15(22-4)16-13-9-12(10(2)19)7-8-14(13)18(11(3)20)17(16)21/h7-9H,5-6H2,1-4H3. The first-order chi connectivity index (χ1) is 10.4. The molecule has 0 fully saturated rings. The number of carbonyl (C=O) groups excluding carboxylic acids is 3. The van der Waals surface area contributed by atoms with Crippen molar-refractivity contribution in [1.29, 1.82) is 0 Å². The molecule has 0 saturated carbocycles.